The summed E-state index contributed by atoms with van der Waals surface area (Å²) in [5.41, 5.74) is 12.2. The van der Waals surface area contributed by atoms with Crippen molar-refractivity contribution < 1.29 is 88.0 Å². The summed E-state index contributed by atoms with van der Waals surface area (Å²) >= 11 is 0. The third kappa shape index (κ3) is 41.2. The molecule has 0 heterocycles. The number of hydrogen-bond acceptors (Lipinski definition) is 19. The number of nitrogens with zero attached hydrogens (tertiary/aromatic N) is 1. The maximum absolute atomic E-state index is 13.1. The van der Waals surface area contributed by atoms with Crippen LogP contribution in [0.3, 0.4) is 0 Å². The van der Waals surface area contributed by atoms with E-state index in [0.29, 0.717) is 12.0 Å². The molecule has 1 aromatic rings. The summed E-state index contributed by atoms with van der Waals surface area (Å²) in [5, 5.41) is 127. The van der Waals surface area contributed by atoms with Gasteiger partial charge in [0.15, 0.2) is 5.96 Å². The SMILES string of the molecule is C/C=C/CC/C=C/C(C)C(O)C(C)C(O)/C=C/C=C/C=C/C=C/C=C/C=C/CC(OS(=O)(=O)O)C(C)C(=O)CC(O)CC(O)/C=C/CC(O)CC(O)CC(O)/C=C/CC(O)CC(O)/C=C/CC(O)CC(O)CCCN=C(N)NC(=O)C(N)c1ccc(O)cc1. The van der Waals surface area contributed by atoms with Crippen LogP contribution in [0.15, 0.2) is 163 Å². The molecule has 1 aromatic carbocycles. The van der Waals surface area contributed by atoms with Crippen molar-refractivity contribution in [2.45, 2.75) is 197 Å². The first kappa shape index (κ1) is 81.2. The third-order valence-electron chi connectivity index (χ3n) is 14.0. The van der Waals surface area contributed by atoms with Gasteiger partial charge in [-0.05, 0) is 88.8 Å². The van der Waals surface area contributed by atoms with E-state index in [9.17, 15) is 83.8 Å². The van der Waals surface area contributed by atoms with E-state index in [2.05, 4.69) is 16.4 Å². The zero-order valence-electron chi connectivity index (χ0n) is 51.7. The van der Waals surface area contributed by atoms with E-state index in [0.717, 1.165) is 12.8 Å². The predicted octanol–water partition coefficient (Wildman–Crippen LogP) is 5.06. The number of aliphatic hydroxyl groups is 11. The van der Waals surface area contributed by atoms with E-state index in [1.54, 1.807) is 79.8 Å². The Bertz CT molecular complexity index is 2620. The number of aliphatic hydroxyl groups excluding tert-OH is 11. The maximum Gasteiger partial charge on any atom is 0.397 e. The molecule has 16 unspecified atom stereocenters. The molecule has 0 saturated heterocycles. The number of allylic oxidation sites excluding steroid dienone is 13. The lowest BCUT2D eigenvalue weighted by Crippen LogP contribution is -2.42. The number of amides is 1. The van der Waals surface area contributed by atoms with E-state index in [1.165, 1.54) is 67.6 Å². The Hall–Kier alpha value is -5.84. The lowest BCUT2D eigenvalue weighted by molar-refractivity contribution is -0.127. The number of hydrogen-bond donors (Lipinski definition) is 16. The van der Waals surface area contributed by atoms with Gasteiger partial charge in [0, 0.05) is 50.0 Å². The van der Waals surface area contributed by atoms with Crippen molar-refractivity contribution in [1.29, 1.82) is 0 Å². The van der Waals surface area contributed by atoms with E-state index in [-0.39, 0.29) is 94.3 Å². The van der Waals surface area contributed by atoms with Crippen LogP contribution in [0.2, 0.25) is 0 Å². The Kier molecular flexibility index (Phi) is 43.0. The molecule has 0 radical (unpaired) electrons. The number of phenols is 1. The molecule has 0 saturated carbocycles. The van der Waals surface area contributed by atoms with Crippen molar-refractivity contribution in [2.24, 2.45) is 34.2 Å². The molecule has 23 heteroatoms. The van der Waals surface area contributed by atoms with Crippen molar-refractivity contribution in [1.82, 2.24) is 5.32 Å². The Morgan fingerprint density at radius 1 is 0.596 bits per heavy atom. The Morgan fingerprint density at radius 2 is 1.08 bits per heavy atom. The smallest absolute Gasteiger partial charge is 0.397 e. The summed E-state index contributed by atoms with van der Waals surface area (Å²) in [7, 11) is -4.95. The minimum Gasteiger partial charge on any atom is -0.508 e. The standard InChI is InChI=1S/C66H102N4O18S/c1-5-6-7-15-18-25-46(2)64(83)48(4)60(81)33-19-16-13-11-9-8-10-12-14-17-20-34-62(88-89(85,86)87)47(3)61(82)45-59(80)44-56(77)31-23-30-55(76)43-58(79)42-54(75)29-22-28-52(73)40-51(72)26-21-27-53(74)41-57(78)32-24-39-69-66(68)70-65(84)63(67)49-35-37-50(71)38-36-49/h5-6,8-14,16-23,25-26,29,31,33,35-38,46-48,51-60,62-64,71-81,83H,7,15,24,27-28,30,32,34,39-45,67H2,1-4H3,(H,85,86,87)(H3,68,69,70,84)/b6-5+,10-8+,11-9+,14-12+,16-13+,20-17+,25-18+,26-21+,29-22+,31-23+,33-19+. The van der Waals surface area contributed by atoms with Crippen LogP contribution in [0.5, 0.6) is 5.75 Å². The van der Waals surface area contributed by atoms with Gasteiger partial charge in [-0.2, -0.15) is 8.42 Å². The summed E-state index contributed by atoms with van der Waals surface area (Å²) in [6, 6.07) is 4.79. The van der Waals surface area contributed by atoms with E-state index in [4.69, 9.17) is 15.7 Å². The second kappa shape index (κ2) is 47.1. The second-order valence-electron chi connectivity index (χ2n) is 22.1. The minimum atomic E-state index is -4.95. The Labute approximate surface area is 526 Å². The lowest BCUT2D eigenvalue weighted by atomic mass is 9.88. The third-order valence-corrected chi connectivity index (χ3v) is 14.5. The van der Waals surface area contributed by atoms with Gasteiger partial charge in [0.1, 0.15) is 17.6 Å². The highest BCUT2D eigenvalue weighted by Crippen LogP contribution is 2.22. The van der Waals surface area contributed by atoms with Gasteiger partial charge in [-0.1, -0.05) is 167 Å². The maximum atomic E-state index is 13.1. The molecule has 0 bridgehead atoms. The predicted molar refractivity (Wildman–Crippen MR) is 346 cm³/mol. The van der Waals surface area contributed by atoms with E-state index < -0.39 is 114 Å². The molecule has 89 heavy (non-hydrogen) atoms. The van der Waals surface area contributed by atoms with Gasteiger partial charge in [-0.15, -0.1) is 0 Å². The molecule has 0 aliphatic heterocycles. The first-order valence-corrected chi connectivity index (χ1v) is 31.6. The van der Waals surface area contributed by atoms with Crippen LogP contribution in [-0.2, 0) is 24.2 Å². The molecular formula is C66H102N4O18S. The number of benzene rings is 1. The molecule has 500 valence electrons. The zero-order chi connectivity index (χ0) is 66.7. The summed E-state index contributed by atoms with van der Waals surface area (Å²) < 4.78 is 37.4. The number of unbranched alkanes of at least 4 members (excludes halogenated alkanes) is 1. The summed E-state index contributed by atoms with van der Waals surface area (Å²) in [6.07, 6.45) is 26.0. The van der Waals surface area contributed by atoms with E-state index in [1.807, 2.05) is 32.1 Å². The molecule has 0 aliphatic carbocycles. The number of aromatic hydroxyl groups is 1. The number of phenolic OH excluding ortho intramolecular Hbond substituents is 1. The van der Waals surface area contributed by atoms with Gasteiger partial charge in [0.05, 0.1) is 73.2 Å². The zero-order valence-corrected chi connectivity index (χ0v) is 52.5. The number of rotatable bonds is 46. The van der Waals surface area contributed by atoms with Gasteiger partial charge >= 0.3 is 10.4 Å². The molecule has 0 spiro atoms. The quantitative estimate of drug-likeness (QED) is 0.0101. The van der Waals surface area contributed by atoms with Crippen molar-refractivity contribution in [3.8, 4) is 5.75 Å². The minimum absolute atomic E-state index is 0.00698. The lowest BCUT2D eigenvalue weighted by Gasteiger charge is -2.25. The van der Waals surface area contributed by atoms with Crippen LogP contribution in [0.4, 0.5) is 0 Å². The summed E-state index contributed by atoms with van der Waals surface area (Å²) in [6.45, 7) is 7.28. The molecule has 0 fully saturated rings. The fourth-order valence-corrected chi connectivity index (χ4v) is 9.36. The Morgan fingerprint density at radius 3 is 1.62 bits per heavy atom. The highest BCUT2D eigenvalue weighted by Gasteiger charge is 2.30. The van der Waals surface area contributed by atoms with Crippen molar-refractivity contribution in [2.75, 3.05) is 6.54 Å². The normalized spacial score (nSPS) is 18.9. The number of carbonyl (C=O) groups excluding carboxylic acids is 2. The number of nitrogens with one attached hydrogen (secondary N) is 1. The molecule has 1 rings (SSSR count). The number of carbonyl (C=O) groups is 2. The van der Waals surface area contributed by atoms with Gasteiger partial charge in [-0.25, -0.2) is 4.18 Å². The highest BCUT2D eigenvalue weighted by molar-refractivity contribution is 7.80. The molecule has 1 amide bonds. The highest BCUT2D eigenvalue weighted by atomic mass is 32.3. The van der Waals surface area contributed by atoms with Crippen LogP contribution < -0.4 is 16.8 Å². The van der Waals surface area contributed by atoms with Crippen LogP contribution in [0.25, 0.3) is 0 Å². The van der Waals surface area contributed by atoms with Crippen LogP contribution in [0, 0.1) is 17.8 Å². The molecule has 22 nitrogen and oxygen atoms in total. The average Bonchev–Trinajstić information content (AvgIpc) is 3.28. The van der Waals surface area contributed by atoms with Gasteiger partial charge in [0.25, 0.3) is 0 Å². The number of aliphatic imine (C=N–C) groups is 1. The van der Waals surface area contributed by atoms with E-state index >= 15 is 0 Å². The summed E-state index contributed by atoms with van der Waals surface area (Å²) in [5.74, 6) is -2.86. The number of nitrogens with two attached hydrogens (primary N) is 2. The first-order valence-electron chi connectivity index (χ1n) is 30.2. The van der Waals surface area contributed by atoms with Crippen molar-refractivity contribution >= 4 is 28.0 Å². The topological polar surface area (TPSA) is 417 Å². The number of ketones is 1. The van der Waals surface area contributed by atoms with Gasteiger partial charge < -0.3 is 72.7 Å². The van der Waals surface area contributed by atoms with Crippen molar-refractivity contribution in [3.05, 3.63) is 164 Å². The van der Waals surface area contributed by atoms with Gasteiger partial charge in [-0.3, -0.25) is 24.5 Å². The molecule has 16 atom stereocenters. The molecule has 0 aromatic heterocycles. The number of Topliss-reactive ketones (excluding diaryl/α,β-unsaturated/α-hetero) is 1. The Balaban J connectivity index is 2.43. The van der Waals surface area contributed by atoms with Gasteiger partial charge in [0.2, 0.25) is 5.91 Å². The van der Waals surface area contributed by atoms with Crippen LogP contribution in [-0.4, -0.2) is 172 Å². The largest absolute Gasteiger partial charge is 0.508 e. The fraction of sp³-hybridized carbons (Fsp3) is 0.530. The first-order chi connectivity index (χ1) is 42.1. The molecule has 0 aliphatic rings. The molecular weight excluding hydrogens is 1170 g/mol. The average molecular weight is 1270 g/mol. The number of guanidine groups is 1. The molecule has 18 N–H and O–H groups in total. The van der Waals surface area contributed by atoms with Crippen LogP contribution >= 0.6 is 0 Å². The monoisotopic (exact) mass is 1270 g/mol. The van der Waals surface area contributed by atoms with Crippen LogP contribution in [0.1, 0.15) is 129 Å². The van der Waals surface area contributed by atoms with Crippen molar-refractivity contribution in [3.63, 3.8) is 0 Å². The fourth-order valence-electron chi connectivity index (χ4n) is 8.80. The summed E-state index contributed by atoms with van der Waals surface area (Å²) in [4.78, 5) is 29.5. The second-order valence-corrected chi connectivity index (χ2v) is 23.2.